The highest BCUT2D eigenvalue weighted by molar-refractivity contribution is 7.12. The Bertz CT molecular complexity index is 369. The first-order chi connectivity index (χ1) is 6.25. The van der Waals surface area contributed by atoms with Crippen molar-refractivity contribution in [2.24, 2.45) is 0 Å². The zero-order valence-electron chi connectivity index (χ0n) is 9.26. The topological polar surface area (TPSA) is 37.3 Å². The number of carboxylic acid groups (broad SMARTS) is 1. The second kappa shape index (κ2) is 3.39. The third-order valence-electron chi connectivity index (χ3n) is 2.22. The Hall–Kier alpha value is -0.830. The van der Waals surface area contributed by atoms with Gasteiger partial charge in [0, 0.05) is 9.75 Å². The van der Waals surface area contributed by atoms with E-state index in [2.05, 4.69) is 0 Å². The van der Waals surface area contributed by atoms with E-state index < -0.39 is 5.97 Å². The quantitative estimate of drug-likeness (QED) is 0.775. The molecule has 0 amide bonds. The van der Waals surface area contributed by atoms with Crippen molar-refractivity contribution in [3.05, 3.63) is 20.9 Å². The Kier molecular flexibility index (Phi) is 2.72. The molecule has 0 bridgehead atoms. The van der Waals surface area contributed by atoms with Gasteiger partial charge in [-0.3, -0.25) is 0 Å². The summed E-state index contributed by atoms with van der Waals surface area (Å²) in [5, 5.41) is 9.13. The van der Waals surface area contributed by atoms with Gasteiger partial charge in [-0.1, -0.05) is 20.8 Å². The molecular formula is C11H16O2S. The van der Waals surface area contributed by atoms with Crippen LogP contribution in [0.15, 0.2) is 0 Å². The highest BCUT2D eigenvalue weighted by Crippen LogP contribution is 2.36. The Morgan fingerprint density at radius 2 is 1.71 bits per heavy atom. The van der Waals surface area contributed by atoms with E-state index >= 15 is 0 Å². The first-order valence-electron chi connectivity index (χ1n) is 4.59. The molecule has 0 radical (unpaired) electrons. The molecule has 0 aliphatic heterocycles. The van der Waals surface area contributed by atoms with E-state index in [1.54, 1.807) is 11.3 Å². The lowest BCUT2D eigenvalue weighted by molar-refractivity contribution is 0.0694. The van der Waals surface area contributed by atoms with Gasteiger partial charge in [-0.25, -0.2) is 4.79 Å². The van der Waals surface area contributed by atoms with Crippen molar-refractivity contribution < 1.29 is 9.90 Å². The Morgan fingerprint density at radius 1 is 1.21 bits per heavy atom. The van der Waals surface area contributed by atoms with Gasteiger partial charge >= 0.3 is 5.97 Å². The fraction of sp³-hybridized carbons (Fsp3) is 0.545. The largest absolute Gasteiger partial charge is 0.478 e. The summed E-state index contributed by atoms with van der Waals surface area (Å²) in [6, 6.07) is 0. The molecule has 3 heteroatoms. The number of aromatic carboxylic acids is 1. The van der Waals surface area contributed by atoms with E-state index in [0.717, 1.165) is 15.3 Å². The minimum absolute atomic E-state index is 0.0947. The molecule has 0 aliphatic rings. The number of aryl methyl sites for hydroxylation is 2. The van der Waals surface area contributed by atoms with E-state index in [4.69, 9.17) is 5.11 Å². The number of thiophene rings is 1. The van der Waals surface area contributed by atoms with Gasteiger partial charge in [0.1, 0.15) is 0 Å². The number of carbonyl (C=O) groups is 1. The van der Waals surface area contributed by atoms with Gasteiger partial charge in [0.25, 0.3) is 0 Å². The molecule has 1 rings (SSSR count). The van der Waals surface area contributed by atoms with E-state index in [9.17, 15) is 4.79 Å². The summed E-state index contributed by atoms with van der Waals surface area (Å²) in [5.41, 5.74) is 1.38. The zero-order chi connectivity index (χ0) is 11.1. The lowest BCUT2D eigenvalue weighted by Crippen LogP contribution is -2.16. The maximum Gasteiger partial charge on any atom is 0.337 e. The van der Waals surface area contributed by atoms with Crippen molar-refractivity contribution >= 4 is 17.3 Å². The van der Waals surface area contributed by atoms with Crippen LogP contribution in [-0.2, 0) is 5.41 Å². The molecule has 1 N–H and O–H groups in total. The fourth-order valence-electron chi connectivity index (χ4n) is 1.84. The maximum absolute atomic E-state index is 11.1. The second-order valence-electron chi connectivity index (χ2n) is 4.52. The maximum atomic E-state index is 11.1. The zero-order valence-corrected chi connectivity index (χ0v) is 10.1. The fourth-order valence-corrected chi connectivity index (χ4v) is 3.11. The van der Waals surface area contributed by atoms with Crippen LogP contribution in [-0.4, -0.2) is 11.1 Å². The molecule has 0 saturated carbocycles. The Labute approximate surface area is 88.6 Å². The van der Waals surface area contributed by atoms with E-state index in [-0.39, 0.29) is 5.41 Å². The summed E-state index contributed by atoms with van der Waals surface area (Å²) in [6.45, 7) is 10.0. The van der Waals surface area contributed by atoms with Gasteiger partial charge in [-0.05, 0) is 24.8 Å². The monoisotopic (exact) mass is 212 g/mol. The number of carboxylic acids is 1. The summed E-state index contributed by atoms with van der Waals surface area (Å²) in [7, 11) is 0. The molecule has 0 aliphatic carbocycles. The average molecular weight is 212 g/mol. The molecule has 78 valence electrons. The van der Waals surface area contributed by atoms with Crippen LogP contribution in [0.25, 0.3) is 0 Å². The minimum atomic E-state index is -0.809. The van der Waals surface area contributed by atoms with E-state index in [1.807, 2.05) is 34.6 Å². The van der Waals surface area contributed by atoms with Crippen molar-refractivity contribution in [2.75, 3.05) is 0 Å². The van der Waals surface area contributed by atoms with Crippen LogP contribution in [0, 0.1) is 13.8 Å². The third-order valence-corrected chi connectivity index (χ3v) is 3.24. The summed E-state index contributed by atoms with van der Waals surface area (Å²) in [6.07, 6.45) is 0. The van der Waals surface area contributed by atoms with Gasteiger partial charge in [0.15, 0.2) is 0 Å². The first kappa shape index (κ1) is 11.2. The third kappa shape index (κ3) is 1.82. The smallest absolute Gasteiger partial charge is 0.337 e. The average Bonchev–Trinajstić information content (AvgIpc) is 2.23. The lowest BCUT2D eigenvalue weighted by Gasteiger charge is -2.20. The normalized spacial score (nSPS) is 11.8. The van der Waals surface area contributed by atoms with Crippen LogP contribution in [0.4, 0.5) is 0 Å². The summed E-state index contributed by atoms with van der Waals surface area (Å²) >= 11 is 1.57. The molecular weight excluding hydrogens is 196 g/mol. The molecule has 2 nitrogen and oxygen atoms in total. The molecule has 0 saturated heterocycles. The predicted octanol–water partition coefficient (Wildman–Crippen LogP) is 3.36. The van der Waals surface area contributed by atoms with Crippen molar-refractivity contribution in [3.63, 3.8) is 0 Å². The molecule has 0 aromatic carbocycles. The van der Waals surface area contributed by atoms with Gasteiger partial charge < -0.3 is 5.11 Å². The molecule has 0 spiro atoms. The summed E-state index contributed by atoms with van der Waals surface area (Å²) in [4.78, 5) is 13.1. The number of hydrogen-bond acceptors (Lipinski definition) is 2. The molecule has 0 fully saturated rings. The highest BCUT2D eigenvalue weighted by atomic mass is 32.1. The second-order valence-corrected chi connectivity index (χ2v) is 5.95. The standard InChI is InChI=1S/C11H16O2S/c1-6-8(10(12)13)9(7(2)14-6)11(3,4)5/h1-5H3,(H,12,13). The molecule has 1 heterocycles. The Morgan fingerprint density at radius 3 is 2.00 bits per heavy atom. The van der Waals surface area contributed by atoms with Gasteiger partial charge in [-0.2, -0.15) is 0 Å². The van der Waals surface area contributed by atoms with Crippen LogP contribution in [0.5, 0.6) is 0 Å². The minimum Gasteiger partial charge on any atom is -0.478 e. The van der Waals surface area contributed by atoms with Crippen LogP contribution in [0.2, 0.25) is 0 Å². The molecule has 14 heavy (non-hydrogen) atoms. The SMILES string of the molecule is Cc1sc(C)c(C(C)(C)C)c1C(=O)O. The molecule has 0 atom stereocenters. The van der Waals surface area contributed by atoms with Crippen molar-refractivity contribution in [1.29, 1.82) is 0 Å². The summed E-state index contributed by atoms with van der Waals surface area (Å²) in [5.74, 6) is -0.809. The predicted molar refractivity (Wildman–Crippen MR) is 59.5 cm³/mol. The number of hydrogen-bond donors (Lipinski definition) is 1. The molecule has 1 aromatic rings. The van der Waals surface area contributed by atoms with Crippen LogP contribution >= 0.6 is 11.3 Å². The van der Waals surface area contributed by atoms with Gasteiger partial charge in [0.2, 0.25) is 0 Å². The highest BCUT2D eigenvalue weighted by Gasteiger charge is 2.27. The van der Waals surface area contributed by atoms with Crippen LogP contribution < -0.4 is 0 Å². The Balaban J connectivity index is 3.48. The number of rotatable bonds is 1. The van der Waals surface area contributed by atoms with Crippen molar-refractivity contribution in [3.8, 4) is 0 Å². The van der Waals surface area contributed by atoms with Gasteiger partial charge in [-0.15, -0.1) is 11.3 Å². The van der Waals surface area contributed by atoms with Gasteiger partial charge in [0.05, 0.1) is 5.56 Å². The first-order valence-corrected chi connectivity index (χ1v) is 5.40. The van der Waals surface area contributed by atoms with Crippen molar-refractivity contribution in [2.45, 2.75) is 40.0 Å². The molecule has 0 unspecified atom stereocenters. The van der Waals surface area contributed by atoms with E-state index in [1.165, 1.54) is 0 Å². The molecule has 1 aromatic heterocycles. The lowest BCUT2D eigenvalue weighted by atomic mass is 9.84. The van der Waals surface area contributed by atoms with Crippen LogP contribution in [0.3, 0.4) is 0 Å². The van der Waals surface area contributed by atoms with Crippen LogP contribution in [0.1, 0.15) is 46.4 Å². The summed E-state index contributed by atoms with van der Waals surface area (Å²) < 4.78 is 0. The van der Waals surface area contributed by atoms with Crippen molar-refractivity contribution in [1.82, 2.24) is 0 Å². The van der Waals surface area contributed by atoms with E-state index in [0.29, 0.717) is 5.56 Å².